The largest absolute Gasteiger partial charge is 0.368 e. The van der Waals surface area contributed by atoms with Gasteiger partial charge in [-0.2, -0.15) is 10.1 Å². The van der Waals surface area contributed by atoms with Crippen molar-refractivity contribution in [2.45, 2.75) is 0 Å². The molecule has 3 heterocycles. The van der Waals surface area contributed by atoms with Gasteiger partial charge in [0.25, 0.3) is 0 Å². The molecule has 0 saturated heterocycles. The Morgan fingerprint density at radius 1 is 1.14 bits per heavy atom. The van der Waals surface area contributed by atoms with Gasteiger partial charge in [0.1, 0.15) is 4.60 Å². The number of halogens is 1. The Morgan fingerprint density at radius 3 is 2.95 bits per heavy atom. The van der Waals surface area contributed by atoms with Crippen molar-refractivity contribution in [2.24, 2.45) is 0 Å². The molecule has 0 fully saturated rings. The summed E-state index contributed by atoms with van der Waals surface area (Å²) in [5.41, 5.74) is 8.18. The highest BCUT2D eigenvalue weighted by Gasteiger charge is 2.12. The maximum Gasteiger partial charge on any atom is 0.222 e. The molecule has 0 spiro atoms. The smallest absolute Gasteiger partial charge is 0.222 e. The van der Waals surface area contributed by atoms with Gasteiger partial charge in [-0.1, -0.05) is 6.07 Å². The number of benzene rings is 1. The molecule has 4 rings (SSSR count). The lowest BCUT2D eigenvalue weighted by molar-refractivity contribution is 0.887. The van der Waals surface area contributed by atoms with Crippen molar-refractivity contribution in [3.63, 3.8) is 0 Å². The van der Waals surface area contributed by atoms with Gasteiger partial charge in [0.05, 0.1) is 16.6 Å². The van der Waals surface area contributed by atoms with E-state index in [1.807, 2.05) is 30.3 Å². The van der Waals surface area contributed by atoms with Crippen LogP contribution in [-0.2, 0) is 0 Å². The molecule has 7 heteroatoms. The summed E-state index contributed by atoms with van der Waals surface area (Å²) in [7, 11) is 0. The lowest BCUT2D eigenvalue weighted by atomic mass is 10.2. The zero-order chi connectivity index (χ0) is 14.4. The number of hydrogen-bond donors (Lipinski definition) is 1. The molecule has 0 aliphatic rings. The number of nitrogens with two attached hydrogens (primary N) is 1. The van der Waals surface area contributed by atoms with Crippen molar-refractivity contribution in [1.29, 1.82) is 0 Å². The van der Waals surface area contributed by atoms with E-state index in [1.54, 1.807) is 17.1 Å². The quantitative estimate of drug-likeness (QED) is 0.576. The van der Waals surface area contributed by atoms with Gasteiger partial charge in [-0.3, -0.25) is 4.98 Å². The predicted molar refractivity (Wildman–Crippen MR) is 84.1 cm³/mol. The number of nitrogens with zero attached hydrogens (tertiary/aromatic N) is 5. The molecule has 1 aromatic carbocycles. The minimum absolute atomic E-state index is 0.221. The predicted octanol–water partition coefficient (Wildman–Crippen LogP) is 2.71. The molecule has 3 aromatic heterocycles. The van der Waals surface area contributed by atoms with Crippen LogP contribution in [-0.4, -0.2) is 24.7 Å². The van der Waals surface area contributed by atoms with E-state index in [9.17, 15) is 0 Å². The van der Waals surface area contributed by atoms with Crippen molar-refractivity contribution >= 4 is 43.8 Å². The maximum atomic E-state index is 5.68. The van der Waals surface area contributed by atoms with E-state index < -0.39 is 0 Å². The van der Waals surface area contributed by atoms with Crippen LogP contribution in [0.25, 0.3) is 27.6 Å². The molecule has 4 aromatic rings. The van der Waals surface area contributed by atoms with Crippen LogP contribution in [0.3, 0.4) is 0 Å². The van der Waals surface area contributed by atoms with E-state index in [0.29, 0.717) is 10.3 Å². The number of hydrogen-bond acceptors (Lipinski definition) is 5. The van der Waals surface area contributed by atoms with Gasteiger partial charge >= 0.3 is 0 Å². The van der Waals surface area contributed by atoms with E-state index in [1.165, 1.54) is 0 Å². The first-order valence-corrected chi connectivity index (χ1v) is 7.03. The summed E-state index contributed by atoms with van der Waals surface area (Å²) in [6, 6.07) is 9.84. The van der Waals surface area contributed by atoms with Crippen LogP contribution in [0.4, 0.5) is 5.95 Å². The average Bonchev–Trinajstić information content (AvgIpc) is 2.83. The highest BCUT2D eigenvalue weighted by molar-refractivity contribution is 9.10. The van der Waals surface area contributed by atoms with Crippen LogP contribution in [0.1, 0.15) is 0 Å². The van der Waals surface area contributed by atoms with Gasteiger partial charge in [-0.25, -0.2) is 9.67 Å². The molecule has 21 heavy (non-hydrogen) atoms. The van der Waals surface area contributed by atoms with E-state index >= 15 is 0 Å². The number of rotatable bonds is 1. The molecule has 0 aliphatic carbocycles. The third kappa shape index (κ3) is 1.93. The summed E-state index contributed by atoms with van der Waals surface area (Å²) in [4.78, 5) is 12.6. The second-order valence-corrected chi connectivity index (χ2v) is 5.30. The zero-order valence-corrected chi connectivity index (χ0v) is 12.3. The molecule has 2 N–H and O–H groups in total. The SMILES string of the molecule is Nc1ncc2c(Br)nn(-c3ccc4ncccc4c3)c2n1. The molecule has 0 bridgehead atoms. The summed E-state index contributed by atoms with van der Waals surface area (Å²) in [6.07, 6.45) is 3.43. The van der Waals surface area contributed by atoms with Gasteiger partial charge in [0.15, 0.2) is 5.65 Å². The van der Waals surface area contributed by atoms with Gasteiger partial charge < -0.3 is 5.73 Å². The Morgan fingerprint density at radius 2 is 2.05 bits per heavy atom. The van der Waals surface area contributed by atoms with Crippen LogP contribution in [0, 0.1) is 0 Å². The Labute approximate surface area is 127 Å². The summed E-state index contributed by atoms with van der Waals surface area (Å²) < 4.78 is 2.42. The molecule has 102 valence electrons. The fourth-order valence-electron chi connectivity index (χ4n) is 2.26. The molecular weight excluding hydrogens is 332 g/mol. The number of fused-ring (bicyclic) bond motifs is 2. The van der Waals surface area contributed by atoms with E-state index in [0.717, 1.165) is 22.0 Å². The number of pyridine rings is 1. The molecule has 0 amide bonds. The van der Waals surface area contributed by atoms with Crippen molar-refractivity contribution in [1.82, 2.24) is 24.7 Å². The van der Waals surface area contributed by atoms with Crippen LogP contribution in [0.2, 0.25) is 0 Å². The Kier molecular flexibility index (Phi) is 2.61. The molecule has 0 radical (unpaired) electrons. The lowest BCUT2D eigenvalue weighted by Crippen LogP contribution is -2.00. The van der Waals surface area contributed by atoms with Crippen LogP contribution in [0.5, 0.6) is 0 Å². The van der Waals surface area contributed by atoms with Gasteiger partial charge in [-0.15, -0.1) is 0 Å². The molecule has 6 nitrogen and oxygen atoms in total. The Bertz CT molecular complexity index is 978. The second-order valence-electron chi connectivity index (χ2n) is 4.55. The Balaban J connectivity index is 2.01. The molecule has 0 aliphatic heterocycles. The van der Waals surface area contributed by atoms with Gasteiger partial charge in [0, 0.05) is 17.8 Å². The Hall–Kier alpha value is -2.54. The van der Waals surface area contributed by atoms with Crippen LogP contribution in [0.15, 0.2) is 47.3 Å². The highest BCUT2D eigenvalue weighted by Crippen LogP contribution is 2.25. The minimum Gasteiger partial charge on any atom is -0.368 e. The van der Waals surface area contributed by atoms with Crippen molar-refractivity contribution in [3.05, 3.63) is 47.3 Å². The van der Waals surface area contributed by atoms with Gasteiger partial charge in [-0.05, 0) is 40.2 Å². The van der Waals surface area contributed by atoms with Crippen molar-refractivity contribution in [2.75, 3.05) is 5.73 Å². The summed E-state index contributed by atoms with van der Waals surface area (Å²) in [5.74, 6) is 0.221. The third-order valence-corrected chi connectivity index (χ3v) is 3.81. The number of aromatic nitrogens is 5. The van der Waals surface area contributed by atoms with Crippen LogP contribution >= 0.6 is 15.9 Å². The first kappa shape index (κ1) is 12.2. The average molecular weight is 341 g/mol. The lowest BCUT2D eigenvalue weighted by Gasteiger charge is -2.04. The first-order valence-electron chi connectivity index (χ1n) is 6.24. The normalized spacial score (nSPS) is 11.3. The molecule has 0 unspecified atom stereocenters. The standard InChI is InChI=1S/C14H9BrN6/c15-12-10-7-18-14(16)19-13(10)21(20-12)9-3-4-11-8(6-9)2-1-5-17-11/h1-7H,(H2,16,18,19). The second kappa shape index (κ2) is 4.49. The highest BCUT2D eigenvalue weighted by atomic mass is 79.9. The van der Waals surface area contributed by atoms with Crippen molar-refractivity contribution in [3.8, 4) is 5.69 Å². The van der Waals surface area contributed by atoms with E-state index in [4.69, 9.17) is 5.73 Å². The summed E-state index contributed by atoms with van der Waals surface area (Å²) in [6.45, 7) is 0. The number of nitrogen functional groups attached to an aromatic ring is 1. The summed E-state index contributed by atoms with van der Waals surface area (Å²) in [5, 5.41) is 6.32. The third-order valence-electron chi connectivity index (χ3n) is 3.23. The fraction of sp³-hybridized carbons (Fsp3) is 0. The monoisotopic (exact) mass is 340 g/mol. The minimum atomic E-state index is 0.221. The number of anilines is 1. The van der Waals surface area contributed by atoms with Crippen LogP contribution < -0.4 is 5.73 Å². The maximum absolute atomic E-state index is 5.68. The molecule has 0 atom stereocenters. The molecule has 0 saturated carbocycles. The fourth-order valence-corrected chi connectivity index (χ4v) is 2.70. The molecular formula is C14H9BrN6. The summed E-state index contributed by atoms with van der Waals surface area (Å²) >= 11 is 3.42. The van der Waals surface area contributed by atoms with E-state index in [2.05, 4.69) is 36.0 Å². The zero-order valence-electron chi connectivity index (χ0n) is 10.7. The van der Waals surface area contributed by atoms with E-state index in [-0.39, 0.29) is 5.95 Å². The topological polar surface area (TPSA) is 82.5 Å². The van der Waals surface area contributed by atoms with Crippen molar-refractivity contribution < 1.29 is 0 Å². The van der Waals surface area contributed by atoms with Gasteiger partial charge in [0.2, 0.25) is 5.95 Å². The first-order chi connectivity index (χ1) is 10.2.